The molecule has 0 saturated heterocycles. The number of hydrogen-bond donors (Lipinski definition) is 6. The first-order valence-electron chi connectivity index (χ1n) is 15.9. The van der Waals surface area contributed by atoms with E-state index < -0.39 is 48.0 Å². The quantitative estimate of drug-likeness (QED) is 0.0785. The minimum atomic E-state index is -1.35. The molecule has 2 rings (SSSR count). The molecule has 0 aliphatic carbocycles. The van der Waals surface area contributed by atoms with Crippen LogP contribution < -0.4 is 27.8 Å². The Morgan fingerprint density at radius 2 is 1.51 bits per heavy atom. The van der Waals surface area contributed by atoms with Crippen LogP contribution in [-0.2, 0) is 32.1 Å². The molecule has 0 aliphatic rings. The zero-order valence-corrected chi connectivity index (χ0v) is 27.8. The number of nitrogens with zero attached hydrogens (tertiary/aromatic N) is 2. The zero-order chi connectivity index (χ0) is 34.9. The first kappa shape index (κ1) is 38.7. The number of aliphatic imine (C=N–C) groups is 1. The SMILES string of the molecule is CC(C)C[C@H](N)C(=O)N(C(=O)[C@H](CCCN=C(N)N)NC(=O)OCc1ccccc1)[C@H](CNC(=O)[C@@H](O)Cc1ccccc1)C(C)C. The van der Waals surface area contributed by atoms with Crippen LogP contribution in [0.15, 0.2) is 65.7 Å². The Kier molecular flexibility index (Phi) is 16.4. The van der Waals surface area contributed by atoms with Gasteiger partial charge in [-0.2, -0.15) is 0 Å². The summed E-state index contributed by atoms with van der Waals surface area (Å²) >= 11 is 0. The van der Waals surface area contributed by atoms with Gasteiger partial charge in [0, 0.05) is 19.5 Å². The number of ether oxygens (including phenoxy) is 1. The van der Waals surface area contributed by atoms with E-state index in [1.165, 1.54) is 0 Å². The average molecular weight is 654 g/mol. The van der Waals surface area contributed by atoms with Gasteiger partial charge in [-0.05, 0) is 42.2 Å². The van der Waals surface area contributed by atoms with Crippen molar-refractivity contribution in [3.63, 3.8) is 0 Å². The van der Waals surface area contributed by atoms with Crippen LogP contribution >= 0.6 is 0 Å². The van der Waals surface area contributed by atoms with Gasteiger partial charge in [0.15, 0.2) is 5.96 Å². The first-order valence-corrected chi connectivity index (χ1v) is 15.9. The average Bonchev–Trinajstić information content (AvgIpc) is 3.03. The van der Waals surface area contributed by atoms with Crippen molar-refractivity contribution in [2.24, 2.45) is 34.0 Å². The summed E-state index contributed by atoms with van der Waals surface area (Å²) in [7, 11) is 0. The van der Waals surface area contributed by atoms with E-state index >= 15 is 0 Å². The van der Waals surface area contributed by atoms with E-state index in [0.717, 1.165) is 16.0 Å². The van der Waals surface area contributed by atoms with Gasteiger partial charge in [0.2, 0.25) is 11.8 Å². The lowest BCUT2D eigenvalue weighted by Crippen LogP contribution is -2.61. The predicted octanol–water partition coefficient (Wildman–Crippen LogP) is 1.81. The molecule has 13 nitrogen and oxygen atoms in total. The molecule has 47 heavy (non-hydrogen) atoms. The Hall–Kier alpha value is -4.49. The number of amides is 4. The fourth-order valence-electron chi connectivity index (χ4n) is 4.94. The van der Waals surface area contributed by atoms with Gasteiger partial charge >= 0.3 is 6.09 Å². The highest BCUT2D eigenvalue weighted by Crippen LogP contribution is 2.18. The molecule has 0 unspecified atom stereocenters. The molecule has 2 aromatic rings. The third-order valence-corrected chi connectivity index (χ3v) is 7.43. The number of imide groups is 1. The second kappa shape index (κ2) is 19.9. The normalized spacial score (nSPS) is 13.6. The van der Waals surface area contributed by atoms with Crippen molar-refractivity contribution >= 4 is 29.8 Å². The van der Waals surface area contributed by atoms with Crippen molar-refractivity contribution in [3.05, 3.63) is 71.8 Å². The highest BCUT2D eigenvalue weighted by molar-refractivity contribution is 6.01. The summed E-state index contributed by atoms with van der Waals surface area (Å²) in [4.78, 5) is 59.1. The Balaban J connectivity index is 2.34. The van der Waals surface area contributed by atoms with E-state index in [-0.39, 0.29) is 50.3 Å². The minimum absolute atomic E-state index is 0.0323. The Labute approximate surface area is 277 Å². The number of rotatable bonds is 18. The molecular formula is C34H51N7O6. The molecular weight excluding hydrogens is 602 g/mol. The number of nitrogens with two attached hydrogens (primary N) is 3. The molecule has 9 N–H and O–H groups in total. The van der Waals surface area contributed by atoms with Crippen molar-refractivity contribution in [1.82, 2.24) is 15.5 Å². The van der Waals surface area contributed by atoms with Crippen molar-refractivity contribution < 1.29 is 29.0 Å². The Bertz CT molecular complexity index is 1300. The molecule has 4 amide bonds. The van der Waals surface area contributed by atoms with Crippen LogP contribution in [0.2, 0.25) is 0 Å². The molecule has 0 spiro atoms. The van der Waals surface area contributed by atoms with Gasteiger partial charge in [0.05, 0.1) is 12.1 Å². The monoisotopic (exact) mass is 653 g/mol. The molecule has 0 aromatic heterocycles. The maximum absolute atomic E-state index is 14.3. The fraction of sp³-hybridized carbons (Fsp3) is 0.500. The lowest BCUT2D eigenvalue weighted by Gasteiger charge is -2.37. The fourth-order valence-corrected chi connectivity index (χ4v) is 4.94. The molecule has 0 heterocycles. The summed E-state index contributed by atoms with van der Waals surface area (Å²) < 4.78 is 5.37. The van der Waals surface area contributed by atoms with Crippen molar-refractivity contribution in [2.45, 2.75) is 84.2 Å². The second-order valence-electron chi connectivity index (χ2n) is 12.3. The minimum Gasteiger partial charge on any atom is -0.445 e. The van der Waals surface area contributed by atoms with Gasteiger partial charge < -0.3 is 37.7 Å². The zero-order valence-electron chi connectivity index (χ0n) is 27.8. The van der Waals surface area contributed by atoms with Crippen LogP contribution in [0.3, 0.4) is 0 Å². The van der Waals surface area contributed by atoms with Crippen LogP contribution in [0.25, 0.3) is 0 Å². The maximum Gasteiger partial charge on any atom is 0.408 e. The first-order chi connectivity index (χ1) is 22.3. The van der Waals surface area contributed by atoms with Crippen LogP contribution in [-0.4, -0.2) is 77.1 Å². The second-order valence-corrected chi connectivity index (χ2v) is 12.3. The van der Waals surface area contributed by atoms with Crippen molar-refractivity contribution in [3.8, 4) is 0 Å². The predicted molar refractivity (Wildman–Crippen MR) is 181 cm³/mol. The highest BCUT2D eigenvalue weighted by Gasteiger charge is 2.39. The van der Waals surface area contributed by atoms with E-state index in [4.69, 9.17) is 21.9 Å². The van der Waals surface area contributed by atoms with E-state index in [1.54, 1.807) is 38.1 Å². The van der Waals surface area contributed by atoms with Gasteiger partial charge in [-0.1, -0.05) is 88.4 Å². The topological polar surface area (TPSA) is 215 Å². The van der Waals surface area contributed by atoms with Crippen LogP contribution in [0, 0.1) is 11.8 Å². The van der Waals surface area contributed by atoms with E-state index in [9.17, 15) is 24.3 Å². The molecule has 258 valence electrons. The van der Waals surface area contributed by atoms with Gasteiger partial charge in [0.1, 0.15) is 18.8 Å². The molecule has 0 radical (unpaired) electrons. The molecule has 13 heteroatoms. The van der Waals surface area contributed by atoms with Gasteiger partial charge in [0.25, 0.3) is 5.91 Å². The maximum atomic E-state index is 14.3. The molecule has 0 fully saturated rings. The third-order valence-electron chi connectivity index (χ3n) is 7.43. The Morgan fingerprint density at radius 3 is 2.06 bits per heavy atom. The van der Waals surface area contributed by atoms with Gasteiger partial charge in [-0.3, -0.25) is 24.3 Å². The van der Waals surface area contributed by atoms with E-state index in [2.05, 4.69) is 15.6 Å². The van der Waals surface area contributed by atoms with Crippen molar-refractivity contribution in [1.29, 1.82) is 0 Å². The number of benzene rings is 2. The molecule has 0 bridgehead atoms. The van der Waals surface area contributed by atoms with E-state index in [1.807, 2.05) is 50.2 Å². The van der Waals surface area contributed by atoms with Gasteiger partial charge in [-0.25, -0.2) is 4.79 Å². The number of aliphatic hydroxyl groups excluding tert-OH is 1. The largest absolute Gasteiger partial charge is 0.445 e. The number of carbonyl (C=O) groups excluding carboxylic acids is 4. The number of guanidine groups is 1. The molecule has 2 aromatic carbocycles. The summed E-state index contributed by atoms with van der Waals surface area (Å²) in [5, 5.41) is 15.9. The lowest BCUT2D eigenvalue weighted by molar-refractivity contribution is -0.152. The standard InChI is InChI=1S/C34H51N7O6/c1-22(2)18-26(35)31(44)41(28(23(3)4)20-39-30(43)29(42)19-24-12-7-5-8-13-24)32(45)27(16-11-17-38-33(36)37)40-34(46)47-21-25-14-9-6-10-15-25/h5-10,12-15,22-23,26-29,42H,11,16-21,35H2,1-4H3,(H,39,43)(H,40,46)(H4,36,37,38)/t26-,27-,28+,29-/m0/s1. The summed E-state index contributed by atoms with van der Waals surface area (Å²) in [6.45, 7) is 7.41. The molecule has 0 saturated carbocycles. The van der Waals surface area contributed by atoms with Crippen LogP contribution in [0.4, 0.5) is 4.79 Å². The summed E-state index contributed by atoms with van der Waals surface area (Å²) in [5.74, 6) is -2.42. The molecule has 4 atom stereocenters. The van der Waals surface area contributed by atoms with Gasteiger partial charge in [-0.15, -0.1) is 0 Å². The molecule has 0 aliphatic heterocycles. The number of alkyl carbamates (subject to hydrolysis) is 1. The van der Waals surface area contributed by atoms with Crippen LogP contribution in [0.1, 0.15) is 58.1 Å². The van der Waals surface area contributed by atoms with E-state index in [0.29, 0.717) is 12.8 Å². The lowest BCUT2D eigenvalue weighted by atomic mass is 9.96. The summed E-state index contributed by atoms with van der Waals surface area (Å²) in [6.07, 6.45) is -1.44. The Morgan fingerprint density at radius 1 is 0.915 bits per heavy atom. The summed E-state index contributed by atoms with van der Waals surface area (Å²) in [5.41, 5.74) is 18.8. The number of hydrogen-bond acceptors (Lipinski definition) is 8. The number of nitrogens with one attached hydrogen (secondary N) is 2. The third kappa shape index (κ3) is 13.8. The smallest absolute Gasteiger partial charge is 0.408 e. The number of carbonyl (C=O) groups is 4. The summed E-state index contributed by atoms with van der Waals surface area (Å²) in [6, 6.07) is 15.0. The number of aliphatic hydroxyl groups is 1. The van der Waals surface area contributed by atoms with Crippen LogP contribution in [0.5, 0.6) is 0 Å². The van der Waals surface area contributed by atoms with Crippen molar-refractivity contribution in [2.75, 3.05) is 13.1 Å². The highest BCUT2D eigenvalue weighted by atomic mass is 16.5.